The van der Waals surface area contributed by atoms with Crippen LogP contribution in [-0.4, -0.2) is 24.7 Å². The second kappa shape index (κ2) is 4.31. The average molecular weight is 243 g/mol. The topological polar surface area (TPSA) is 101 Å². The lowest BCUT2D eigenvalue weighted by Gasteiger charge is -2.03. The van der Waals surface area contributed by atoms with Gasteiger partial charge in [0.1, 0.15) is 0 Å². The molecule has 86 valence electrons. The number of nitrogens with one attached hydrogen (secondary N) is 1. The zero-order valence-electron chi connectivity index (χ0n) is 8.30. The Morgan fingerprint density at radius 1 is 1.19 bits per heavy atom. The fourth-order valence-electron chi connectivity index (χ4n) is 1.02. The van der Waals surface area contributed by atoms with E-state index in [1.165, 1.54) is 19.1 Å². The number of benzene rings is 1. The maximum absolute atomic E-state index is 11.2. The molecule has 7 heteroatoms. The molecule has 0 radical (unpaired) electrons. The van der Waals surface area contributed by atoms with Crippen LogP contribution in [-0.2, 0) is 14.6 Å². The molecular weight excluding hydrogens is 234 g/mol. The van der Waals surface area contributed by atoms with Crippen LogP contribution in [0.15, 0.2) is 29.2 Å². The summed E-state index contributed by atoms with van der Waals surface area (Å²) in [6.45, 7) is 1.31. The summed E-state index contributed by atoms with van der Waals surface area (Å²) in [5, 5.41) is 8.98. The Morgan fingerprint density at radius 3 is 2.06 bits per heavy atom. The summed E-state index contributed by atoms with van der Waals surface area (Å²) in [7, 11) is -4.32. The molecule has 0 aromatic heterocycles. The van der Waals surface area contributed by atoms with Gasteiger partial charge in [-0.05, 0) is 24.3 Å². The summed E-state index contributed by atoms with van der Waals surface area (Å²) in [5.41, 5.74) is 0.400. The highest BCUT2D eigenvalue weighted by atomic mass is 32.2. The second-order valence-corrected chi connectivity index (χ2v) is 4.80. The molecule has 1 aromatic carbocycles. The first-order valence-corrected chi connectivity index (χ1v) is 5.68. The van der Waals surface area contributed by atoms with Crippen molar-refractivity contribution in [1.82, 2.24) is 0 Å². The number of anilines is 1. The number of hydrogen-bond donors (Lipinski definition) is 2. The van der Waals surface area contributed by atoms with Crippen LogP contribution in [0.5, 0.6) is 0 Å². The number of hydrogen-bond acceptors (Lipinski definition) is 4. The van der Waals surface area contributed by atoms with Crippen molar-refractivity contribution in [3.63, 3.8) is 0 Å². The largest absolute Gasteiger partial charge is 0.469 e. The van der Waals surface area contributed by atoms with E-state index < -0.39 is 15.1 Å². The van der Waals surface area contributed by atoms with Crippen LogP contribution in [0.2, 0.25) is 0 Å². The van der Waals surface area contributed by atoms with E-state index in [4.69, 9.17) is 5.11 Å². The smallest absolute Gasteiger partial charge is 0.427 e. The molecule has 0 spiro atoms. The van der Waals surface area contributed by atoms with Crippen molar-refractivity contribution >= 4 is 26.7 Å². The van der Waals surface area contributed by atoms with E-state index in [0.717, 1.165) is 12.1 Å². The summed E-state index contributed by atoms with van der Waals surface area (Å²) < 4.78 is 22.4. The van der Waals surface area contributed by atoms with Gasteiger partial charge in [0.05, 0.1) is 4.90 Å². The Bertz CT molecular complexity index is 517. The lowest BCUT2D eigenvalue weighted by atomic mass is 10.3. The average Bonchev–Trinajstić information content (AvgIpc) is 2.17. The quantitative estimate of drug-likeness (QED) is 0.809. The van der Waals surface area contributed by atoms with Gasteiger partial charge in [0.15, 0.2) is 0 Å². The third-order valence-electron chi connectivity index (χ3n) is 1.71. The number of carbonyl (C=O) groups excluding carboxylic acids is 1. The molecule has 0 heterocycles. The molecular formula is C9H9NO5S. The van der Waals surface area contributed by atoms with E-state index in [9.17, 15) is 18.0 Å². The van der Waals surface area contributed by atoms with Crippen molar-refractivity contribution in [3.05, 3.63) is 24.3 Å². The molecule has 0 bridgehead atoms. The minimum absolute atomic E-state index is 0.297. The Morgan fingerprint density at radius 2 is 1.69 bits per heavy atom. The SMILES string of the molecule is CC(=O)Nc1ccc(S(=O)(=O)C(=O)O)cc1. The maximum Gasteiger partial charge on any atom is 0.427 e. The minimum atomic E-state index is -4.32. The minimum Gasteiger partial charge on any atom is -0.469 e. The summed E-state index contributed by atoms with van der Waals surface area (Å²) in [4.78, 5) is 20.8. The molecule has 1 amide bonds. The third kappa shape index (κ3) is 2.57. The van der Waals surface area contributed by atoms with Gasteiger partial charge in [0.25, 0.3) is 9.84 Å². The third-order valence-corrected chi connectivity index (χ3v) is 3.07. The molecule has 2 N–H and O–H groups in total. The fourth-order valence-corrected chi connectivity index (χ4v) is 1.72. The van der Waals surface area contributed by atoms with Crippen LogP contribution in [0.3, 0.4) is 0 Å². The van der Waals surface area contributed by atoms with Crippen LogP contribution in [0, 0.1) is 0 Å². The zero-order valence-corrected chi connectivity index (χ0v) is 9.11. The van der Waals surface area contributed by atoms with E-state index in [2.05, 4.69) is 5.32 Å². The van der Waals surface area contributed by atoms with Gasteiger partial charge in [-0.1, -0.05) is 0 Å². The number of rotatable bonds is 2. The van der Waals surface area contributed by atoms with Crippen LogP contribution < -0.4 is 5.32 Å². The number of amides is 1. The van der Waals surface area contributed by atoms with E-state index in [-0.39, 0.29) is 10.8 Å². The lowest BCUT2D eigenvalue weighted by molar-refractivity contribution is -0.114. The molecule has 6 nitrogen and oxygen atoms in total. The zero-order chi connectivity index (χ0) is 12.3. The highest BCUT2D eigenvalue weighted by Crippen LogP contribution is 2.15. The first-order chi connectivity index (χ1) is 7.34. The van der Waals surface area contributed by atoms with Crippen molar-refractivity contribution in [3.8, 4) is 0 Å². The number of sulfone groups is 1. The van der Waals surface area contributed by atoms with Gasteiger partial charge in [-0.25, -0.2) is 13.2 Å². The Hall–Kier alpha value is -1.89. The van der Waals surface area contributed by atoms with Crippen LogP contribution in [0.4, 0.5) is 10.5 Å². The highest BCUT2D eigenvalue weighted by Gasteiger charge is 2.23. The molecule has 0 unspecified atom stereocenters. The molecule has 1 rings (SSSR count). The molecule has 0 fully saturated rings. The first-order valence-electron chi connectivity index (χ1n) is 4.19. The van der Waals surface area contributed by atoms with Gasteiger partial charge in [-0.15, -0.1) is 0 Å². The second-order valence-electron chi connectivity index (χ2n) is 2.97. The van der Waals surface area contributed by atoms with Crippen molar-refractivity contribution in [2.45, 2.75) is 11.8 Å². The van der Waals surface area contributed by atoms with Gasteiger partial charge >= 0.3 is 5.30 Å². The van der Waals surface area contributed by atoms with Crippen molar-refractivity contribution in [2.24, 2.45) is 0 Å². The molecule has 0 aliphatic rings. The molecule has 0 aliphatic carbocycles. The number of carboxylic acid groups (broad SMARTS) is 1. The van der Waals surface area contributed by atoms with Gasteiger partial charge in [-0.3, -0.25) is 4.79 Å². The molecule has 1 aromatic rings. The Balaban J connectivity index is 3.05. The fraction of sp³-hybridized carbons (Fsp3) is 0.111. The van der Waals surface area contributed by atoms with Crippen LogP contribution in [0.25, 0.3) is 0 Å². The Labute approximate surface area is 91.8 Å². The molecule has 0 atom stereocenters. The monoisotopic (exact) mass is 243 g/mol. The Kier molecular flexibility index (Phi) is 3.28. The van der Waals surface area contributed by atoms with E-state index in [1.807, 2.05) is 0 Å². The van der Waals surface area contributed by atoms with Crippen molar-refractivity contribution in [1.29, 1.82) is 0 Å². The normalized spacial score (nSPS) is 10.8. The predicted octanol–water partition coefficient (Wildman–Crippen LogP) is 1.10. The van der Waals surface area contributed by atoms with Crippen molar-refractivity contribution in [2.75, 3.05) is 5.32 Å². The van der Waals surface area contributed by atoms with Crippen LogP contribution in [0.1, 0.15) is 6.92 Å². The lowest BCUT2D eigenvalue weighted by Crippen LogP contribution is -2.12. The van der Waals surface area contributed by atoms with Gasteiger partial charge < -0.3 is 10.4 Å². The maximum atomic E-state index is 11.2. The van der Waals surface area contributed by atoms with Gasteiger partial charge in [0, 0.05) is 12.6 Å². The molecule has 0 aliphatic heterocycles. The predicted molar refractivity (Wildman–Crippen MR) is 56.0 cm³/mol. The summed E-state index contributed by atoms with van der Waals surface area (Å²) in [6.07, 6.45) is 0. The van der Waals surface area contributed by atoms with Gasteiger partial charge in [0.2, 0.25) is 5.91 Å². The summed E-state index contributed by atoms with van der Waals surface area (Å²) >= 11 is 0. The van der Waals surface area contributed by atoms with Gasteiger partial charge in [-0.2, -0.15) is 0 Å². The molecule has 0 saturated heterocycles. The molecule has 16 heavy (non-hydrogen) atoms. The van der Waals surface area contributed by atoms with E-state index >= 15 is 0 Å². The standard InChI is InChI=1S/C9H9NO5S/c1-6(11)10-7-2-4-8(5-3-7)16(14,15)9(12)13/h2-5H,1H3,(H,10,11)(H,12,13). The van der Waals surface area contributed by atoms with E-state index in [0.29, 0.717) is 5.69 Å². The number of carbonyl (C=O) groups is 2. The van der Waals surface area contributed by atoms with Crippen molar-refractivity contribution < 1.29 is 23.1 Å². The van der Waals surface area contributed by atoms with E-state index in [1.54, 1.807) is 0 Å². The van der Waals surface area contributed by atoms with Crippen LogP contribution >= 0.6 is 0 Å². The summed E-state index contributed by atoms with van der Waals surface area (Å²) in [6, 6.07) is 4.87. The molecule has 0 saturated carbocycles. The first kappa shape index (κ1) is 12.2. The summed E-state index contributed by atoms with van der Waals surface area (Å²) in [5.74, 6) is -0.297. The highest BCUT2D eigenvalue weighted by molar-refractivity contribution is 8.05.